The minimum Gasteiger partial charge on any atom is -0.370 e. The Kier molecular flexibility index (Phi) is 3.71. The first-order chi connectivity index (χ1) is 6.18. The van der Waals surface area contributed by atoms with E-state index in [1.54, 1.807) is 17.5 Å². The van der Waals surface area contributed by atoms with E-state index in [2.05, 4.69) is 9.98 Å². The third-order valence-corrected chi connectivity index (χ3v) is 2.79. The summed E-state index contributed by atoms with van der Waals surface area (Å²) >= 11 is 2.79. The van der Waals surface area contributed by atoms with E-state index in [1.807, 2.05) is 5.38 Å². The molecule has 5 N–H and O–H groups in total. The van der Waals surface area contributed by atoms with Gasteiger partial charge in [-0.25, -0.2) is 4.98 Å². The van der Waals surface area contributed by atoms with Crippen molar-refractivity contribution in [3.8, 4) is 0 Å². The highest BCUT2D eigenvalue weighted by molar-refractivity contribution is 8.13. The van der Waals surface area contributed by atoms with E-state index in [0.29, 0.717) is 5.75 Å². The molecule has 0 aliphatic carbocycles. The number of guanidine groups is 1. The number of nitrogens with zero attached hydrogens (tertiary/aromatic N) is 2. The molecule has 70 valence electrons. The van der Waals surface area contributed by atoms with Crippen LogP contribution in [0.25, 0.3) is 0 Å². The van der Waals surface area contributed by atoms with Crippen molar-refractivity contribution >= 4 is 34.2 Å². The standard InChI is InChI=1S/C6H9N5S2/c7-5(8)11-6(9)13-3-4-10-1-2-12-4/h1-2H,3H2,(H5,7,8,9,11). The molecule has 0 aromatic carbocycles. The number of hydrogen-bond acceptors (Lipinski definition) is 4. The molecular formula is C6H9N5S2. The van der Waals surface area contributed by atoms with Crippen LogP contribution in [0.1, 0.15) is 5.01 Å². The van der Waals surface area contributed by atoms with Gasteiger partial charge in [-0.05, 0) is 0 Å². The van der Waals surface area contributed by atoms with Crippen molar-refractivity contribution in [3.63, 3.8) is 0 Å². The molecule has 1 rings (SSSR count). The second-order valence-electron chi connectivity index (χ2n) is 2.06. The van der Waals surface area contributed by atoms with Crippen LogP contribution < -0.4 is 11.5 Å². The predicted molar refractivity (Wildman–Crippen MR) is 56.9 cm³/mol. The van der Waals surface area contributed by atoms with E-state index in [1.165, 1.54) is 11.8 Å². The molecule has 0 saturated carbocycles. The highest BCUT2D eigenvalue weighted by atomic mass is 32.2. The van der Waals surface area contributed by atoms with Gasteiger partial charge in [-0.3, -0.25) is 5.41 Å². The molecular weight excluding hydrogens is 206 g/mol. The number of nitrogens with one attached hydrogen (secondary N) is 1. The van der Waals surface area contributed by atoms with E-state index in [4.69, 9.17) is 16.9 Å². The molecule has 0 aliphatic rings. The number of rotatable bonds is 2. The van der Waals surface area contributed by atoms with Crippen LogP contribution in [0.4, 0.5) is 0 Å². The van der Waals surface area contributed by atoms with E-state index >= 15 is 0 Å². The molecule has 0 radical (unpaired) electrons. The maximum Gasteiger partial charge on any atom is 0.193 e. The maximum absolute atomic E-state index is 7.31. The summed E-state index contributed by atoms with van der Waals surface area (Å²) in [5.74, 6) is 0.546. The molecule has 7 heteroatoms. The lowest BCUT2D eigenvalue weighted by Crippen LogP contribution is -2.23. The van der Waals surface area contributed by atoms with Gasteiger partial charge in [0.25, 0.3) is 0 Å². The van der Waals surface area contributed by atoms with Crippen LogP contribution in [0.3, 0.4) is 0 Å². The topological polar surface area (TPSA) is 101 Å². The van der Waals surface area contributed by atoms with E-state index < -0.39 is 0 Å². The second-order valence-corrected chi connectivity index (χ2v) is 4.00. The third kappa shape index (κ3) is 3.90. The summed E-state index contributed by atoms with van der Waals surface area (Å²) in [6.07, 6.45) is 1.73. The normalized spacial score (nSPS) is 9.54. The van der Waals surface area contributed by atoms with Gasteiger partial charge in [0.1, 0.15) is 5.01 Å². The summed E-state index contributed by atoms with van der Waals surface area (Å²) in [6.45, 7) is 0. The maximum atomic E-state index is 7.31. The van der Waals surface area contributed by atoms with Gasteiger partial charge in [-0.15, -0.1) is 11.3 Å². The summed E-state index contributed by atoms with van der Waals surface area (Å²) in [6, 6.07) is 0. The van der Waals surface area contributed by atoms with Gasteiger partial charge in [0, 0.05) is 11.6 Å². The van der Waals surface area contributed by atoms with Gasteiger partial charge in [-0.1, -0.05) is 11.8 Å². The molecule has 0 fully saturated rings. The largest absolute Gasteiger partial charge is 0.370 e. The van der Waals surface area contributed by atoms with E-state index in [9.17, 15) is 0 Å². The lowest BCUT2D eigenvalue weighted by molar-refractivity contribution is 1.27. The van der Waals surface area contributed by atoms with Crippen LogP contribution in [0, 0.1) is 5.41 Å². The summed E-state index contributed by atoms with van der Waals surface area (Å²) in [5.41, 5.74) is 10.2. The fourth-order valence-corrected chi connectivity index (χ4v) is 1.96. The Morgan fingerprint density at radius 3 is 3.00 bits per heavy atom. The molecule has 0 aliphatic heterocycles. The zero-order chi connectivity index (χ0) is 9.68. The van der Waals surface area contributed by atoms with Crippen molar-refractivity contribution in [1.29, 1.82) is 5.41 Å². The van der Waals surface area contributed by atoms with Crippen molar-refractivity contribution in [2.45, 2.75) is 5.75 Å². The fraction of sp³-hybridized carbons (Fsp3) is 0.167. The van der Waals surface area contributed by atoms with Gasteiger partial charge >= 0.3 is 0 Å². The number of nitrogens with two attached hydrogens (primary N) is 2. The van der Waals surface area contributed by atoms with Crippen LogP contribution in [-0.2, 0) is 5.75 Å². The molecule has 1 heterocycles. The average molecular weight is 215 g/mol. The fourth-order valence-electron chi connectivity index (χ4n) is 0.604. The van der Waals surface area contributed by atoms with Gasteiger partial charge in [0.2, 0.25) is 0 Å². The molecule has 0 saturated heterocycles. The van der Waals surface area contributed by atoms with Crippen LogP contribution in [0.15, 0.2) is 16.6 Å². The molecule has 0 unspecified atom stereocenters. The highest BCUT2D eigenvalue weighted by Gasteiger charge is 1.99. The van der Waals surface area contributed by atoms with Crippen molar-refractivity contribution in [2.24, 2.45) is 16.5 Å². The minimum absolute atomic E-state index is 0.0864. The second kappa shape index (κ2) is 4.83. The summed E-state index contributed by atoms with van der Waals surface area (Å²) in [7, 11) is 0. The van der Waals surface area contributed by atoms with Crippen LogP contribution >= 0.6 is 23.1 Å². The molecule has 5 nitrogen and oxygen atoms in total. The average Bonchev–Trinajstić information content (AvgIpc) is 2.51. The first-order valence-corrected chi connectivity index (χ1v) is 5.24. The zero-order valence-electron chi connectivity index (χ0n) is 6.73. The predicted octanol–water partition coefficient (Wildman–Crippen LogP) is 0.584. The number of aromatic nitrogens is 1. The minimum atomic E-state index is -0.0864. The lowest BCUT2D eigenvalue weighted by atomic mass is 10.8. The molecule has 0 atom stereocenters. The number of amidine groups is 1. The quantitative estimate of drug-likeness (QED) is 0.496. The summed E-state index contributed by atoms with van der Waals surface area (Å²) in [5, 5.41) is 10.3. The molecule has 13 heavy (non-hydrogen) atoms. The van der Waals surface area contributed by atoms with Gasteiger partial charge in [0.05, 0.1) is 5.75 Å². The summed E-state index contributed by atoms with van der Waals surface area (Å²) < 4.78 is 0. The number of thioether (sulfide) groups is 1. The van der Waals surface area contributed by atoms with E-state index in [0.717, 1.165) is 5.01 Å². The van der Waals surface area contributed by atoms with Gasteiger partial charge in [-0.2, -0.15) is 4.99 Å². The molecule has 0 amide bonds. The Bertz CT molecular complexity index is 301. The number of thiazole rings is 1. The van der Waals surface area contributed by atoms with Crippen LogP contribution in [0.2, 0.25) is 0 Å². The third-order valence-electron chi connectivity index (χ3n) is 1.05. The monoisotopic (exact) mass is 215 g/mol. The number of hydrogen-bond donors (Lipinski definition) is 3. The van der Waals surface area contributed by atoms with Crippen LogP contribution in [-0.4, -0.2) is 16.1 Å². The van der Waals surface area contributed by atoms with Gasteiger partial charge < -0.3 is 11.5 Å². The van der Waals surface area contributed by atoms with Crippen molar-refractivity contribution in [1.82, 2.24) is 4.98 Å². The number of aliphatic imine (C=N–C) groups is 1. The smallest absolute Gasteiger partial charge is 0.193 e. The Balaban J connectivity index is 2.35. The molecule has 0 bridgehead atoms. The van der Waals surface area contributed by atoms with Crippen molar-refractivity contribution < 1.29 is 0 Å². The molecule has 0 spiro atoms. The first kappa shape index (κ1) is 10.0. The zero-order valence-corrected chi connectivity index (χ0v) is 8.36. The molecule has 1 aromatic rings. The van der Waals surface area contributed by atoms with Crippen molar-refractivity contribution in [2.75, 3.05) is 0 Å². The Hall–Kier alpha value is -1.08. The highest BCUT2D eigenvalue weighted by Crippen LogP contribution is 2.15. The van der Waals surface area contributed by atoms with Crippen molar-refractivity contribution in [3.05, 3.63) is 16.6 Å². The van der Waals surface area contributed by atoms with Crippen LogP contribution in [0.5, 0.6) is 0 Å². The summed E-state index contributed by atoms with van der Waals surface area (Å²) in [4.78, 5) is 7.63. The molecule has 1 aromatic heterocycles. The Morgan fingerprint density at radius 1 is 1.69 bits per heavy atom. The lowest BCUT2D eigenvalue weighted by Gasteiger charge is -1.95. The SMILES string of the molecule is N=C(N=C(N)N)SCc1nccs1. The first-order valence-electron chi connectivity index (χ1n) is 3.38. The Morgan fingerprint density at radius 2 is 2.46 bits per heavy atom. The Labute approximate surface area is 83.8 Å². The van der Waals surface area contributed by atoms with E-state index in [-0.39, 0.29) is 11.1 Å². The van der Waals surface area contributed by atoms with Gasteiger partial charge in [0.15, 0.2) is 11.1 Å².